The van der Waals surface area contributed by atoms with Gasteiger partial charge in [0.25, 0.3) is 0 Å². The lowest BCUT2D eigenvalue weighted by Crippen LogP contribution is -1.95. The first-order chi connectivity index (χ1) is 11.1. The fraction of sp³-hybridized carbons (Fsp3) is 0. The number of hydrogen-bond donors (Lipinski definition) is 0. The Kier molecular flexibility index (Phi) is 8.48. The van der Waals surface area contributed by atoms with Crippen LogP contribution in [0.15, 0.2) is 40.3 Å². The van der Waals surface area contributed by atoms with E-state index in [9.17, 15) is 0 Å². The normalized spacial score (nSPS) is 10.7. The summed E-state index contributed by atoms with van der Waals surface area (Å²) in [6.07, 6.45) is 5.57. The van der Waals surface area contributed by atoms with Crippen LogP contribution in [0.5, 0.6) is 11.5 Å². The summed E-state index contributed by atoms with van der Waals surface area (Å²) in [5.74, 6) is 3.79. The van der Waals surface area contributed by atoms with Gasteiger partial charge in [-0.3, -0.25) is 0 Å². The third kappa shape index (κ3) is 4.09. The number of benzene rings is 2. The summed E-state index contributed by atoms with van der Waals surface area (Å²) in [5, 5.41) is 0. The number of terminal acetylenes is 1. The first kappa shape index (κ1) is 22.4. The molecule has 0 aromatic heterocycles. The molecule has 0 heterocycles. The molecule has 0 aliphatic rings. The molecule has 0 saturated heterocycles. The van der Waals surface area contributed by atoms with Gasteiger partial charge in [0.1, 0.15) is 0 Å². The van der Waals surface area contributed by atoms with Crippen LogP contribution in [-0.4, -0.2) is 0 Å². The maximum atomic E-state index is 6.18. The first-order valence-corrected chi connectivity index (χ1v) is 12.8. The van der Waals surface area contributed by atoms with Crippen LogP contribution in [-0.2, 0) is 0 Å². The summed E-state index contributed by atoms with van der Waals surface area (Å²) in [5.41, 5.74) is 0.678. The number of hydrogen-bond acceptors (Lipinski definition) is 1. The van der Waals surface area contributed by atoms with Gasteiger partial charge in [0.05, 0.1) is 41.3 Å². The van der Waals surface area contributed by atoms with E-state index in [4.69, 9.17) is 11.2 Å². The van der Waals surface area contributed by atoms with Crippen molar-refractivity contribution in [2.45, 2.75) is 0 Å². The Morgan fingerprint density at radius 2 is 0.792 bits per heavy atom. The summed E-state index contributed by atoms with van der Waals surface area (Å²) >= 11 is 31.7. The molecule has 0 amide bonds. The third-order valence-corrected chi connectivity index (χ3v) is 12.9. The van der Waals surface area contributed by atoms with Crippen molar-refractivity contribution in [3.63, 3.8) is 0 Å². The quantitative estimate of drug-likeness (QED) is 0.166. The Hall–Kier alpha value is 2.12. The molecule has 24 heavy (non-hydrogen) atoms. The molecule has 0 aliphatic heterocycles. The molecule has 2 rings (SSSR count). The van der Waals surface area contributed by atoms with Gasteiger partial charge in [-0.15, -0.1) is 6.42 Å². The standard InChI is InChI=1S/C14HBr9O/c1-2-3-4(15)9(20)13(10(21)5(3)16)24-14-11(22)7(18)6(17)8(19)12(14)23/h1H. The molecule has 0 unspecified atom stereocenters. The highest BCUT2D eigenvalue weighted by Crippen LogP contribution is 2.53. The Labute approximate surface area is 214 Å². The molecule has 126 valence electrons. The minimum Gasteiger partial charge on any atom is -0.452 e. The molecule has 0 radical (unpaired) electrons. The number of rotatable bonds is 2. The van der Waals surface area contributed by atoms with E-state index in [1.165, 1.54) is 0 Å². The first-order valence-electron chi connectivity index (χ1n) is 5.65. The van der Waals surface area contributed by atoms with Crippen molar-refractivity contribution in [1.29, 1.82) is 0 Å². The molecule has 0 fully saturated rings. The molecule has 0 N–H and O–H groups in total. The molecular weight excluding hydrogens is 903 g/mol. The molecule has 0 bridgehead atoms. The predicted octanol–water partition coefficient (Wildman–Crippen LogP) is 10.3. The highest BCUT2D eigenvalue weighted by molar-refractivity contribution is 9.16. The summed E-state index contributed by atoms with van der Waals surface area (Å²) in [7, 11) is 0. The fourth-order valence-electron chi connectivity index (χ4n) is 1.60. The topological polar surface area (TPSA) is 9.23 Å². The van der Waals surface area contributed by atoms with Crippen LogP contribution in [0.2, 0.25) is 0 Å². The van der Waals surface area contributed by atoms with E-state index in [0.717, 1.165) is 31.3 Å². The lowest BCUT2D eigenvalue weighted by molar-refractivity contribution is 0.468. The van der Waals surface area contributed by atoms with Gasteiger partial charge in [0, 0.05) is 4.47 Å². The van der Waals surface area contributed by atoms with E-state index < -0.39 is 0 Å². The monoisotopic (exact) mass is 895 g/mol. The molecule has 2 aromatic rings. The minimum atomic E-state index is 0.565. The average molecular weight is 904 g/mol. The van der Waals surface area contributed by atoms with Gasteiger partial charge in [-0.2, -0.15) is 0 Å². The largest absolute Gasteiger partial charge is 0.452 e. The molecule has 2 aromatic carbocycles. The number of halogens is 9. The van der Waals surface area contributed by atoms with Crippen molar-refractivity contribution in [3.8, 4) is 23.8 Å². The van der Waals surface area contributed by atoms with E-state index >= 15 is 0 Å². The van der Waals surface area contributed by atoms with E-state index in [-0.39, 0.29) is 0 Å². The Balaban J connectivity index is 2.74. The summed E-state index contributed by atoms with van der Waals surface area (Å²) in [6, 6.07) is 0. The van der Waals surface area contributed by atoms with Gasteiger partial charge < -0.3 is 4.74 Å². The second-order valence-corrected chi connectivity index (χ2v) is 11.2. The van der Waals surface area contributed by atoms with Crippen LogP contribution in [0.3, 0.4) is 0 Å². The van der Waals surface area contributed by atoms with Crippen molar-refractivity contribution < 1.29 is 4.74 Å². The lowest BCUT2D eigenvalue weighted by atomic mass is 10.2. The van der Waals surface area contributed by atoms with Crippen LogP contribution in [0.25, 0.3) is 0 Å². The predicted molar refractivity (Wildman–Crippen MR) is 130 cm³/mol. The summed E-state index contributed by atoms with van der Waals surface area (Å²) in [6.45, 7) is 0. The van der Waals surface area contributed by atoms with Crippen molar-refractivity contribution in [2.24, 2.45) is 0 Å². The van der Waals surface area contributed by atoms with E-state index in [0.29, 0.717) is 26.0 Å². The van der Waals surface area contributed by atoms with Crippen molar-refractivity contribution >= 4 is 143 Å². The van der Waals surface area contributed by atoms with Crippen LogP contribution < -0.4 is 4.74 Å². The van der Waals surface area contributed by atoms with Crippen LogP contribution in [0.1, 0.15) is 5.56 Å². The van der Waals surface area contributed by atoms with E-state index in [1.54, 1.807) is 0 Å². The van der Waals surface area contributed by atoms with Gasteiger partial charge in [0.2, 0.25) is 0 Å². The van der Waals surface area contributed by atoms with Crippen molar-refractivity contribution in [1.82, 2.24) is 0 Å². The summed E-state index contributed by atoms with van der Waals surface area (Å²) < 4.78 is 13.0. The third-order valence-electron chi connectivity index (χ3n) is 2.74. The van der Waals surface area contributed by atoms with Gasteiger partial charge in [-0.25, -0.2) is 0 Å². The van der Waals surface area contributed by atoms with Gasteiger partial charge in [0.15, 0.2) is 11.5 Å². The molecule has 0 atom stereocenters. The van der Waals surface area contributed by atoms with Gasteiger partial charge in [-0.1, -0.05) is 5.92 Å². The SMILES string of the molecule is C#Cc1c(Br)c(Br)c(Oc2c(Br)c(Br)c(Br)c(Br)c2Br)c(Br)c1Br. The highest BCUT2D eigenvalue weighted by Gasteiger charge is 2.24. The zero-order valence-corrected chi connectivity index (χ0v) is 25.2. The fourth-order valence-corrected chi connectivity index (χ4v) is 7.25. The second-order valence-electron chi connectivity index (χ2n) is 4.11. The van der Waals surface area contributed by atoms with Crippen LogP contribution >= 0.6 is 143 Å². The average Bonchev–Trinajstić information content (AvgIpc) is 2.56. The van der Waals surface area contributed by atoms with Crippen LogP contribution in [0.4, 0.5) is 0 Å². The Bertz CT molecular complexity index is 841. The Morgan fingerprint density at radius 3 is 1.12 bits per heavy atom. The zero-order chi connectivity index (χ0) is 18.3. The second kappa shape index (κ2) is 9.08. The van der Waals surface area contributed by atoms with Crippen LogP contribution in [0, 0.1) is 12.3 Å². The van der Waals surface area contributed by atoms with Crippen molar-refractivity contribution in [3.05, 3.63) is 45.8 Å². The molecule has 0 aliphatic carbocycles. The number of ether oxygens (including phenoxy) is 1. The molecule has 10 heteroatoms. The summed E-state index contributed by atoms with van der Waals surface area (Å²) in [4.78, 5) is 0. The van der Waals surface area contributed by atoms with Gasteiger partial charge in [-0.05, 0) is 143 Å². The molecule has 0 spiro atoms. The van der Waals surface area contributed by atoms with Crippen molar-refractivity contribution in [2.75, 3.05) is 0 Å². The van der Waals surface area contributed by atoms with Gasteiger partial charge >= 0.3 is 0 Å². The Morgan fingerprint density at radius 1 is 0.500 bits per heavy atom. The van der Waals surface area contributed by atoms with E-state index in [2.05, 4.69) is 149 Å². The smallest absolute Gasteiger partial charge is 0.158 e. The maximum Gasteiger partial charge on any atom is 0.158 e. The molecule has 0 saturated carbocycles. The lowest BCUT2D eigenvalue weighted by Gasteiger charge is -2.18. The zero-order valence-electron chi connectivity index (χ0n) is 10.9. The highest BCUT2D eigenvalue weighted by atomic mass is 79.9. The van der Waals surface area contributed by atoms with E-state index in [1.807, 2.05) is 0 Å². The minimum absolute atomic E-state index is 0.565. The molecular formula is C14HBr9O. The maximum absolute atomic E-state index is 6.18. The molecule has 1 nitrogen and oxygen atoms in total.